The Morgan fingerprint density at radius 1 is 0.969 bits per heavy atom. The molecular weight excluding hydrogens is 430 g/mol. The average molecular weight is 454 g/mol. The van der Waals surface area contributed by atoms with Crippen molar-refractivity contribution in [2.24, 2.45) is 0 Å². The van der Waals surface area contributed by atoms with Gasteiger partial charge in [0, 0.05) is 31.4 Å². The van der Waals surface area contributed by atoms with Crippen molar-refractivity contribution in [1.29, 1.82) is 0 Å². The minimum Gasteiger partial charge on any atom is -0.345 e. The Labute approximate surface area is 191 Å². The molecule has 4 rings (SSSR count). The average Bonchev–Trinajstić information content (AvgIpc) is 3.04. The van der Waals surface area contributed by atoms with E-state index in [4.69, 9.17) is 11.6 Å². The molecule has 2 aromatic rings. The smallest absolute Gasteiger partial charge is 0.261 e. The van der Waals surface area contributed by atoms with Crippen molar-refractivity contribution in [1.82, 2.24) is 9.80 Å². The van der Waals surface area contributed by atoms with E-state index in [1.54, 1.807) is 26.2 Å². The van der Waals surface area contributed by atoms with E-state index in [2.05, 4.69) is 5.32 Å². The Kier molecular flexibility index (Phi) is 6.02. The zero-order valence-corrected chi connectivity index (χ0v) is 18.7. The Morgan fingerprint density at radius 3 is 2.34 bits per heavy atom. The van der Waals surface area contributed by atoms with Crippen LogP contribution in [0.1, 0.15) is 73.5 Å². The van der Waals surface area contributed by atoms with Gasteiger partial charge in [-0.15, -0.1) is 0 Å². The van der Waals surface area contributed by atoms with Crippen LogP contribution in [0.3, 0.4) is 0 Å². The second-order valence-corrected chi connectivity index (χ2v) is 8.79. The summed E-state index contributed by atoms with van der Waals surface area (Å²) < 4.78 is 0. The van der Waals surface area contributed by atoms with Crippen LogP contribution >= 0.6 is 11.6 Å². The van der Waals surface area contributed by atoms with Gasteiger partial charge in [0.25, 0.3) is 23.6 Å². The van der Waals surface area contributed by atoms with Gasteiger partial charge in [0.15, 0.2) is 0 Å². The van der Waals surface area contributed by atoms with Gasteiger partial charge in [-0.25, -0.2) is 0 Å². The predicted molar refractivity (Wildman–Crippen MR) is 121 cm³/mol. The molecular formula is C24H24ClN3O4. The Morgan fingerprint density at radius 2 is 1.66 bits per heavy atom. The summed E-state index contributed by atoms with van der Waals surface area (Å²) in [5.41, 5.74) is 1.52. The second-order valence-electron chi connectivity index (χ2n) is 8.38. The number of imide groups is 1. The van der Waals surface area contributed by atoms with E-state index >= 15 is 0 Å². The first-order valence-electron chi connectivity index (χ1n) is 10.6. The lowest BCUT2D eigenvalue weighted by molar-refractivity contribution is 0.0548. The summed E-state index contributed by atoms with van der Waals surface area (Å²) in [5, 5.41) is 3.02. The topological polar surface area (TPSA) is 86.8 Å². The summed E-state index contributed by atoms with van der Waals surface area (Å²) in [6.45, 7) is 0. The highest BCUT2D eigenvalue weighted by Gasteiger charge is 2.40. The van der Waals surface area contributed by atoms with Gasteiger partial charge in [-0.05, 0) is 49.2 Å². The van der Waals surface area contributed by atoms with E-state index < -0.39 is 5.91 Å². The largest absolute Gasteiger partial charge is 0.345 e. The molecule has 0 radical (unpaired) electrons. The first-order valence-corrected chi connectivity index (χ1v) is 11.0. The van der Waals surface area contributed by atoms with Gasteiger partial charge in [-0.1, -0.05) is 30.9 Å². The van der Waals surface area contributed by atoms with Gasteiger partial charge >= 0.3 is 0 Å². The molecule has 0 bridgehead atoms. The van der Waals surface area contributed by atoms with Crippen LogP contribution in [0.5, 0.6) is 0 Å². The Bertz CT molecular complexity index is 1120. The van der Waals surface area contributed by atoms with Crippen LogP contribution in [0, 0.1) is 0 Å². The van der Waals surface area contributed by atoms with E-state index in [-0.39, 0.29) is 45.5 Å². The van der Waals surface area contributed by atoms with Crippen LogP contribution < -0.4 is 5.32 Å². The third-order valence-corrected chi connectivity index (χ3v) is 6.31. The van der Waals surface area contributed by atoms with Crippen molar-refractivity contribution in [3.63, 3.8) is 0 Å². The molecule has 1 aliphatic carbocycles. The SMILES string of the molecule is CN(C)C(=O)c1cc(NC(=O)c2ccc3c(c2)C(=O)N(C2CCCCC2)C3=O)ccc1Cl. The number of hydrogen-bond donors (Lipinski definition) is 1. The van der Waals surface area contributed by atoms with Gasteiger partial charge in [0.1, 0.15) is 0 Å². The van der Waals surface area contributed by atoms with Crippen LogP contribution in [0.15, 0.2) is 36.4 Å². The molecule has 0 aromatic heterocycles. The number of benzene rings is 2. The maximum absolute atomic E-state index is 13.0. The molecule has 1 heterocycles. The fraction of sp³-hybridized carbons (Fsp3) is 0.333. The minimum atomic E-state index is -0.449. The van der Waals surface area contributed by atoms with Crippen LogP contribution in [0.25, 0.3) is 0 Å². The third-order valence-electron chi connectivity index (χ3n) is 5.98. The standard InChI is InChI=1S/C24H24ClN3O4/c1-27(2)22(30)19-13-15(9-11-20(19)25)26-21(29)14-8-10-17-18(12-14)24(32)28(23(17)31)16-6-4-3-5-7-16/h8-13,16H,3-7H2,1-2H3,(H,26,29). The van der Waals surface area contributed by atoms with Crippen molar-refractivity contribution in [2.45, 2.75) is 38.1 Å². The van der Waals surface area contributed by atoms with Crippen molar-refractivity contribution >= 4 is 40.9 Å². The lowest BCUT2D eigenvalue weighted by Gasteiger charge is -2.29. The van der Waals surface area contributed by atoms with Crippen molar-refractivity contribution in [3.8, 4) is 0 Å². The molecule has 0 atom stereocenters. The normalized spacial score (nSPS) is 16.2. The summed E-state index contributed by atoms with van der Waals surface area (Å²) in [4.78, 5) is 53.7. The molecule has 1 N–H and O–H groups in total. The lowest BCUT2D eigenvalue weighted by atomic mass is 9.94. The molecule has 0 saturated heterocycles. The number of hydrogen-bond acceptors (Lipinski definition) is 4. The van der Waals surface area contributed by atoms with E-state index in [9.17, 15) is 19.2 Å². The number of nitrogens with zero attached hydrogens (tertiary/aromatic N) is 2. The number of carbonyl (C=O) groups excluding carboxylic acids is 4. The molecule has 4 amide bonds. The lowest BCUT2D eigenvalue weighted by Crippen LogP contribution is -2.40. The predicted octanol–water partition coefficient (Wildman–Crippen LogP) is 4.22. The van der Waals surface area contributed by atoms with Crippen molar-refractivity contribution < 1.29 is 19.2 Å². The monoisotopic (exact) mass is 453 g/mol. The highest BCUT2D eigenvalue weighted by Crippen LogP contribution is 2.31. The summed E-state index contributed by atoms with van der Waals surface area (Å²) in [6, 6.07) is 9.11. The van der Waals surface area contributed by atoms with Gasteiger partial charge in [-0.3, -0.25) is 24.1 Å². The first-order chi connectivity index (χ1) is 15.3. The van der Waals surface area contributed by atoms with Crippen molar-refractivity contribution in [2.75, 3.05) is 19.4 Å². The van der Waals surface area contributed by atoms with Crippen LogP contribution in [0.2, 0.25) is 5.02 Å². The van der Waals surface area contributed by atoms with Crippen LogP contribution in [-0.2, 0) is 0 Å². The van der Waals surface area contributed by atoms with E-state index in [1.165, 1.54) is 34.1 Å². The van der Waals surface area contributed by atoms with Crippen LogP contribution in [-0.4, -0.2) is 53.6 Å². The second kappa shape index (κ2) is 8.74. The minimum absolute atomic E-state index is 0.0739. The Balaban J connectivity index is 1.56. The van der Waals surface area contributed by atoms with E-state index in [1.807, 2.05) is 0 Å². The van der Waals surface area contributed by atoms with Gasteiger partial charge in [0.2, 0.25) is 0 Å². The molecule has 0 spiro atoms. The number of halogens is 1. The molecule has 7 nitrogen and oxygen atoms in total. The Hall–Kier alpha value is -3.19. The fourth-order valence-corrected chi connectivity index (χ4v) is 4.48. The van der Waals surface area contributed by atoms with E-state index in [0.717, 1.165) is 32.1 Å². The maximum Gasteiger partial charge on any atom is 0.261 e. The number of fused-ring (bicyclic) bond motifs is 1. The first kappa shape index (κ1) is 22.0. The third kappa shape index (κ3) is 4.00. The fourth-order valence-electron chi connectivity index (χ4n) is 4.28. The number of amides is 4. The molecule has 8 heteroatoms. The van der Waals surface area contributed by atoms with Gasteiger partial charge in [0.05, 0.1) is 21.7 Å². The summed E-state index contributed by atoms with van der Waals surface area (Å²) in [6.07, 6.45) is 4.78. The molecule has 166 valence electrons. The summed E-state index contributed by atoms with van der Waals surface area (Å²) >= 11 is 6.13. The molecule has 32 heavy (non-hydrogen) atoms. The van der Waals surface area contributed by atoms with Crippen LogP contribution in [0.4, 0.5) is 5.69 Å². The summed E-state index contributed by atoms with van der Waals surface area (Å²) in [7, 11) is 3.23. The highest BCUT2D eigenvalue weighted by molar-refractivity contribution is 6.34. The molecule has 0 unspecified atom stereocenters. The van der Waals surface area contributed by atoms with Gasteiger partial charge in [-0.2, -0.15) is 0 Å². The molecule has 1 fully saturated rings. The molecule has 2 aliphatic rings. The molecule has 2 aromatic carbocycles. The number of anilines is 1. The van der Waals surface area contributed by atoms with E-state index in [0.29, 0.717) is 11.3 Å². The zero-order valence-electron chi connectivity index (χ0n) is 18.0. The van der Waals surface area contributed by atoms with Crippen molar-refractivity contribution in [3.05, 3.63) is 63.7 Å². The number of rotatable bonds is 4. The number of carbonyl (C=O) groups is 4. The zero-order chi connectivity index (χ0) is 23.0. The summed E-state index contributed by atoms with van der Waals surface area (Å²) in [5.74, 6) is -1.35. The quantitative estimate of drug-likeness (QED) is 0.702. The van der Waals surface area contributed by atoms with Gasteiger partial charge < -0.3 is 10.2 Å². The molecule has 1 saturated carbocycles. The molecule has 1 aliphatic heterocycles. The maximum atomic E-state index is 13.0. The highest BCUT2D eigenvalue weighted by atomic mass is 35.5. The number of nitrogens with one attached hydrogen (secondary N) is 1.